The molecule has 132 valence electrons. The molecule has 0 unspecified atom stereocenters. The maximum Gasteiger partial charge on any atom is 0.276 e. The minimum Gasteiger partial charge on any atom is -0.440 e. The first-order chi connectivity index (χ1) is 12.4. The Morgan fingerprint density at radius 2 is 2.04 bits per heavy atom. The minimum atomic E-state index is -0.484. The van der Waals surface area contributed by atoms with Crippen LogP contribution in [-0.4, -0.2) is 15.8 Å². The van der Waals surface area contributed by atoms with Gasteiger partial charge in [-0.25, -0.2) is 4.98 Å². The van der Waals surface area contributed by atoms with Crippen molar-refractivity contribution in [3.05, 3.63) is 70.1 Å². The van der Waals surface area contributed by atoms with Crippen LogP contribution < -0.4 is 5.32 Å². The van der Waals surface area contributed by atoms with Crippen molar-refractivity contribution in [1.82, 2.24) is 4.98 Å². The Morgan fingerprint density at radius 1 is 1.27 bits per heavy atom. The summed E-state index contributed by atoms with van der Waals surface area (Å²) in [6.45, 7) is 3.97. The van der Waals surface area contributed by atoms with E-state index >= 15 is 0 Å². The van der Waals surface area contributed by atoms with Crippen molar-refractivity contribution < 1.29 is 14.1 Å². The van der Waals surface area contributed by atoms with Crippen molar-refractivity contribution >= 4 is 34.5 Å². The first kappa shape index (κ1) is 17.3. The van der Waals surface area contributed by atoms with Gasteiger partial charge in [0, 0.05) is 23.7 Å². The van der Waals surface area contributed by atoms with Gasteiger partial charge in [0.25, 0.3) is 5.69 Å². The molecule has 0 aliphatic rings. The maximum absolute atomic E-state index is 12.1. The number of rotatable bonds is 5. The third-order valence-corrected chi connectivity index (χ3v) is 3.71. The van der Waals surface area contributed by atoms with Crippen LogP contribution in [0.5, 0.6) is 0 Å². The minimum absolute atomic E-state index is 0.0539. The zero-order chi connectivity index (χ0) is 18.7. The molecule has 1 heterocycles. The van der Waals surface area contributed by atoms with Gasteiger partial charge in [0.05, 0.1) is 10.5 Å². The standard InChI is InChI=1S/C19H17N3O4/c1-12(2)19-21-15-11-14(8-9-17(15)26-19)20-18(23)10-7-13-5-3-4-6-16(13)22(24)25/h3-12H,1-2H3,(H,20,23)/b10-7+. The first-order valence-corrected chi connectivity index (χ1v) is 8.07. The van der Waals surface area contributed by atoms with Gasteiger partial charge in [0.2, 0.25) is 5.91 Å². The summed E-state index contributed by atoms with van der Waals surface area (Å²) in [4.78, 5) is 27.0. The lowest BCUT2D eigenvalue weighted by Gasteiger charge is -2.01. The number of nitro groups is 1. The van der Waals surface area contributed by atoms with Gasteiger partial charge in [-0.1, -0.05) is 26.0 Å². The molecule has 1 amide bonds. The van der Waals surface area contributed by atoms with Crippen LogP contribution in [0.1, 0.15) is 31.2 Å². The van der Waals surface area contributed by atoms with Crippen LogP contribution in [0, 0.1) is 10.1 Å². The highest BCUT2D eigenvalue weighted by Gasteiger charge is 2.11. The number of nitrogens with one attached hydrogen (secondary N) is 1. The molecule has 1 N–H and O–H groups in total. The number of anilines is 1. The topological polar surface area (TPSA) is 98.3 Å². The highest BCUT2D eigenvalue weighted by Crippen LogP contribution is 2.24. The lowest BCUT2D eigenvalue weighted by Crippen LogP contribution is -2.07. The van der Waals surface area contributed by atoms with E-state index in [1.54, 1.807) is 36.4 Å². The Balaban J connectivity index is 1.76. The molecule has 7 nitrogen and oxygen atoms in total. The van der Waals surface area contributed by atoms with Crippen molar-refractivity contribution in [2.24, 2.45) is 0 Å². The van der Waals surface area contributed by atoms with Crippen molar-refractivity contribution in [2.45, 2.75) is 19.8 Å². The Bertz CT molecular complexity index is 1000. The van der Waals surface area contributed by atoms with E-state index in [-0.39, 0.29) is 11.6 Å². The summed E-state index contributed by atoms with van der Waals surface area (Å²) >= 11 is 0. The molecule has 7 heteroatoms. The van der Waals surface area contributed by atoms with Crippen LogP contribution >= 0.6 is 0 Å². The average Bonchev–Trinajstić information content (AvgIpc) is 3.04. The molecule has 0 bridgehead atoms. The van der Waals surface area contributed by atoms with Crippen LogP contribution in [0.3, 0.4) is 0 Å². The van der Waals surface area contributed by atoms with Crippen LogP contribution in [0.2, 0.25) is 0 Å². The molecule has 1 aromatic heterocycles. The zero-order valence-corrected chi connectivity index (χ0v) is 14.3. The highest BCUT2D eigenvalue weighted by molar-refractivity contribution is 6.02. The molecule has 0 spiro atoms. The number of hydrogen-bond acceptors (Lipinski definition) is 5. The summed E-state index contributed by atoms with van der Waals surface area (Å²) in [6.07, 6.45) is 2.67. The molecular weight excluding hydrogens is 334 g/mol. The largest absolute Gasteiger partial charge is 0.440 e. The molecule has 0 atom stereocenters. The van der Waals surface area contributed by atoms with Gasteiger partial charge in [-0.2, -0.15) is 0 Å². The summed E-state index contributed by atoms with van der Waals surface area (Å²) in [7, 11) is 0. The van der Waals surface area contributed by atoms with Gasteiger partial charge in [-0.05, 0) is 30.3 Å². The number of hydrogen-bond donors (Lipinski definition) is 1. The normalized spacial score (nSPS) is 11.3. The lowest BCUT2D eigenvalue weighted by atomic mass is 10.1. The van der Waals surface area contributed by atoms with E-state index in [1.165, 1.54) is 18.2 Å². The van der Waals surface area contributed by atoms with Gasteiger partial charge in [-0.15, -0.1) is 0 Å². The van der Waals surface area contributed by atoms with Gasteiger partial charge in [0.1, 0.15) is 5.52 Å². The summed E-state index contributed by atoms with van der Waals surface area (Å²) in [5.41, 5.74) is 2.19. The van der Waals surface area contributed by atoms with Gasteiger partial charge >= 0.3 is 0 Å². The predicted molar refractivity (Wildman–Crippen MR) is 98.9 cm³/mol. The number of fused-ring (bicyclic) bond motifs is 1. The van der Waals surface area contributed by atoms with E-state index < -0.39 is 10.8 Å². The van der Waals surface area contributed by atoms with Crippen molar-refractivity contribution in [1.29, 1.82) is 0 Å². The van der Waals surface area contributed by atoms with Crippen molar-refractivity contribution in [2.75, 3.05) is 5.32 Å². The zero-order valence-electron chi connectivity index (χ0n) is 14.3. The van der Waals surface area contributed by atoms with E-state index in [0.717, 1.165) is 0 Å². The maximum atomic E-state index is 12.1. The fourth-order valence-corrected chi connectivity index (χ4v) is 2.41. The molecule has 0 fully saturated rings. The quantitative estimate of drug-likeness (QED) is 0.414. The summed E-state index contributed by atoms with van der Waals surface area (Å²) in [6, 6.07) is 11.4. The molecule has 0 saturated carbocycles. The number of carbonyl (C=O) groups excluding carboxylic acids is 1. The van der Waals surface area contributed by atoms with E-state index in [4.69, 9.17) is 4.42 Å². The number of nitro benzene ring substituents is 1. The number of para-hydroxylation sites is 1. The number of nitrogens with zero attached hydrogens (tertiary/aromatic N) is 2. The molecule has 0 saturated heterocycles. The van der Waals surface area contributed by atoms with Crippen LogP contribution in [0.25, 0.3) is 17.2 Å². The Morgan fingerprint density at radius 3 is 2.77 bits per heavy atom. The number of carbonyl (C=O) groups is 1. The molecule has 0 aliphatic heterocycles. The monoisotopic (exact) mass is 351 g/mol. The van der Waals surface area contributed by atoms with E-state index in [2.05, 4.69) is 10.3 Å². The Labute approximate surface area is 149 Å². The number of aromatic nitrogens is 1. The van der Waals surface area contributed by atoms with Crippen LogP contribution in [0.15, 0.2) is 53.0 Å². The van der Waals surface area contributed by atoms with Crippen LogP contribution in [0.4, 0.5) is 11.4 Å². The lowest BCUT2D eigenvalue weighted by molar-refractivity contribution is -0.385. The third kappa shape index (κ3) is 3.77. The second-order valence-electron chi connectivity index (χ2n) is 6.03. The fourth-order valence-electron chi connectivity index (χ4n) is 2.41. The van der Waals surface area contributed by atoms with E-state index in [0.29, 0.717) is 28.2 Å². The number of amides is 1. The van der Waals surface area contributed by atoms with E-state index in [9.17, 15) is 14.9 Å². The van der Waals surface area contributed by atoms with E-state index in [1.807, 2.05) is 13.8 Å². The number of oxazole rings is 1. The van der Waals surface area contributed by atoms with Crippen molar-refractivity contribution in [3.8, 4) is 0 Å². The highest BCUT2D eigenvalue weighted by atomic mass is 16.6. The molecular formula is C19H17N3O4. The summed E-state index contributed by atoms with van der Waals surface area (Å²) in [5.74, 6) is 0.417. The Kier molecular flexibility index (Phi) is 4.79. The average molecular weight is 351 g/mol. The first-order valence-electron chi connectivity index (χ1n) is 8.07. The third-order valence-electron chi connectivity index (χ3n) is 3.71. The fraction of sp³-hybridized carbons (Fsp3) is 0.158. The molecule has 2 aromatic carbocycles. The number of benzene rings is 2. The van der Waals surface area contributed by atoms with Crippen LogP contribution in [-0.2, 0) is 4.79 Å². The molecule has 3 rings (SSSR count). The molecule has 0 aliphatic carbocycles. The smallest absolute Gasteiger partial charge is 0.276 e. The second kappa shape index (κ2) is 7.18. The van der Waals surface area contributed by atoms with Crippen molar-refractivity contribution in [3.63, 3.8) is 0 Å². The van der Waals surface area contributed by atoms with Gasteiger partial charge in [0.15, 0.2) is 11.5 Å². The summed E-state index contributed by atoms with van der Waals surface area (Å²) in [5, 5.41) is 13.7. The second-order valence-corrected chi connectivity index (χ2v) is 6.03. The van der Waals surface area contributed by atoms with Gasteiger partial charge in [-0.3, -0.25) is 14.9 Å². The molecule has 0 radical (unpaired) electrons. The Hall–Kier alpha value is -3.48. The summed E-state index contributed by atoms with van der Waals surface area (Å²) < 4.78 is 5.63. The SMILES string of the molecule is CC(C)c1nc2cc(NC(=O)/C=C/c3ccccc3[N+](=O)[O-])ccc2o1. The predicted octanol–water partition coefficient (Wildman–Crippen LogP) is 4.51. The molecule has 26 heavy (non-hydrogen) atoms. The van der Waals surface area contributed by atoms with Gasteiger partial charge < -0.3 is 9.73 Å². The molecule has 3 aromatic rings.